The van der Waals surface area contributed by atoms with Crippen LogP contribution in [0.15, 0.2) is 30.8 Å². The lowest BCUT2D eigenvalue weighted by molar-refractivity contribution is 0.313. The van der Waals surface area contributed by atoms with Crippen LogP contribution in [0.2, 0.25) is 0 Å². The Morgan fingerprint density at radius 1 is 1.05 bits per heavy atom. The quantitative estimate of drug-likeness (QED) is 0.808. The number of likely N-dealkylation sites (N-methyl/N-ethyl adjacent to an activating group) is 1. The lowest BCUT2D eigenvalue weighted by atomic mass is 10.2. The molecular weight excluding hydrogens is 264 g/mol. The minimum Gasteiger partial charge on any atom is -0.400 e. The highest BCUT2D eigenvalue weighted by atomic mass is 16.2. The van der Waals surface area contributed by atoms with E-state index < -0.39 is 0 Å². The molecule has 0 aromatic heterocycles. The first-order chi connectivity index (χ1) is 10.2. The van der Waals surface area contributed by atoms with Gasteiger partial charge in [0.25, 0.3) is 0 Å². The number of benzene rings is 1. The fourth-order valence-electron chi connectivity index (χ4n) is 1.82. The Hall–Kier alpha value is -1.61. The highest BCUT2D eigenvalue weighted by Gasteiger charge is 2.13. The van der Waals surface area contributed by atoms with Gasteiger partial charge in [-0.3, -0.25) is 0 Å². The SMILES string of the molecule is C=C=O.CC.CO.Cc1ccc(N2CCN(C)CC2)cc1. The molecule has 1 aromatic rings. The van der Waals surface area contributed by atoms with E-state index >= 15 is 0 Å². The third-order valence-corrected chi connectivity index (χ3v) is 2.90. The van der Waals surface area contributed by atoms with Crippen molar-refractivity contribution in [3.63, 3.8) is 0 Å². The molecule has 1 aromatic carbocycles. The van der Waals surface area contributed by atoms with E-state index in [1.54, 1.807) is 0 Å². The minimum atomic E-state index is 1.00. The Morgan fingerprint density at radius 3 is 1.81 bits per heavy atom. The van der Waals surface area contributed by atoms with Crippen LogP contribution in [0.5, 0.6) is 0 Å². The highest BCUT2D eigenvalue weighted by Crippen LogP contribution is 2.16. The van der Waals surface area contributed by atoms with Crippen LogP contribution in [0.1, 0.15) is 19.4 Å². The van der Waals surface area contributed by atoms with Crippen molar-refractivity contribution in [2.45, 2.75) is 20.8 Å². The molecule has 1 fully saturated rings. The lowest BCUT2D eigenvalue weighted by Gasteiger charge is -2.34. The van der Waals surface area contributed by atoms with Crippen LogP contribution in [0, 0.1) is 6.92 Å². The number of aliphatic hydroxyl groups excluding tert-OH is 1. The normalized spacial score (nSPS) is 13.3. The van der Waals surface area contributed by atoms with Gasteiger partial charge in [-0.15, -0.1) is 0 Å². The molecule has 2 rings (SSSR count). The van der Waals surface area contributed by atoms with E-state index in [1.165, 1.54) is 30.3 Å². The molecule has 1 aliphatic heterocycles. The second kappa shape index (κ2) is 14.8. The van der Waals surface area contributed by atoms with Crippen LogP contribution < -0.4 is 4.90 Å². The van der Waals surface area contributed by atoms with Crippen LogP contribution >= 0.6 is 0 Å². The van der Waals surface area contributed by atoms with Crippen LogP contribution in [-0.2, 0) is 4.79 Å². The number of nitrogens with zero attached hydrogens (tertiary/aromatic N) is 2. The lowest BCUT2D eigenvalue weighted by Crippen LogP contribution is -2.44. The first-order valence-electron chi connectivity index (χ1n) is 7.26. The molecule has 21 heavy (non-hydrogen) atoms. The molecule has 0 radical (unpaired) electrons. The van der Waals surface area contributed by atoms with Crippen molar-refractivity contribution in [2.75, 3.05) is 45.2 Å². The molecular formula is C17H30N2O2. The predicted octanol–water partition coefficient (Wildman–Crippen LogP) is 2.39. The molecule has 0 bridgehead atoms. The van der Waals surface area contributed by atoms with Gasteiger partial charge in [0, 0.05) is 39.0 Å². The third kappa shape index (κ3) is 9.85. The van der Waals surface area contributed by atoms with Crippen molar-refractivity contribution in [3.05, 3.63) is 36.4 Å². The van der Waals surface area contributed by atoms with Gasteiger partial charge < -0.3 is 14.9 Å². The van der Waals surface area contributed by atoms with Crippen molar-refractivity contribution in [1.29, 1.82) is 0 Å². The zero-order valence-corrected chi connectivity index (χ0v) is 14.1. The van der Waals surface area contributed by atoms with Crippen molar-refractivity contribution in [1.82, 2.24) is 4.90 Å². The van der Waals surface area contributed by atoms with Crippen molar-refractivity contribution in [2.24, 2.45) is 0 Å². The summed E-state index contributed by atoms with van der Waals surface area (Å²) in [6.07, 6.45) is 0. The fraction of sp³-hybridized carbons (Fsp3) is 0.529. The van der Waals surface area contributed by atoms with E-state index in [0.29, 0.717) is 0 Å². The average molecular weight is 294 g/mol. The molecule has 120 valence electrons. The summed E-state index contributed by atoms with van der Waals surface area (Å²) >= 11 is 0. The van der Waals surface area contributed by atoms with E-state index in [0.717, 1.165) is 20.2 Å². The van der Waals surface area contributed by atoms with Crippen LogP contribution in [0.25, 0.3) is 0 Å². The Balaban J connectivity index is 0. The highest BCUT2D eigenvalue weighted by molar-refractivity contribution is 5.47. The van der Waals surface area contributed by atoms with Gasteiger partial charge in [0.15, 0.2) is 0 Å². The number of rotatable bonds is 1. The summed E-state index contributed by atoms with van der Waals surface area (Å²) < 4.78 is 0. The van der Waals surface area contributed by atoms with E-state index in [4.69, 9.17) is 9.90 Å². The van der Waals surface area contributed by atoms with Gasteiger partial charge in [-0.2, -0.15) is 0 Å². The zero-order chi connectivity index (χ0) is 16.7. The molecule has 0 spiro atoms. The van der Waals surface area contributed by atoms with E-state index in [1.807, 2.05) is 13.8 Å². The average Bonchev–Trinajstić information content (AvgIpc) is 2.54. The molecule has 0 aliphatic carbocycles. The summed E-state index contributed by atoms with van der Waals surface area (Å²) in [4.78, 5) is 13.4. The smallest absolute Gasteiger partial charge is 0.116 e. The molecule has 4 nitrogen and oxygen atoms in total. The van der Waals surface area contributed by atoms with Gasteiger partial charge in [0.05, 0.1) is 0 Å². The second-order valence-corrected chi connectivity index (χ2v) is 4.27. The maximum absolute atomic E-state index is 8.57. The Kier molecular flexibility index (Phi) is 15.3. The van der Waals surface area contributed by atoms with E-state index in [-0.39, 0.29) is 0 Å². The Morgan fingerprint density at radius 2 is 1.43 bits per heavy atom. The summed E-state index contributed by atoms with van der Waals surface area (Å²) in [7, 11) is 3.19. The van der Waals surface area contributed by atoms with Gasteiger partial charge in [-0.1, -0.05) is 31.5 Å². The minimum absolute atomic E-state index is 1.00. The zero-order valence-electron chi connectivity index (χ0n) is 14.1. The summed E-state index contributed by atoms with van der Waals surface area (Å²) in [6, 6.07) is 8.82. The van der Waals surface area contributed by atoms with Gasteiger partial charge in [-0.25, -0.2) is 4.79 Å². The first-order valence-corrected chi connectivity index (χ1v) is 7.26. The fourth-order valence-corrected chi connectivity index (χ4v) is 1.82. The molecule has 4 heteroatoms. The molecule has 1 N–H and O–H groups in total. The van der Waals surface area contributed by atoms with Gasteiger partial charge >= 0.3 is 0 Å². The van der Waals surface area contributed by atoms with Crippen molar-refractivity contribution >= 4 is 11.6 Å². The summed E-state index contributed by atoms with van der Waals surface area (Å²) in [5, 5.41) is 7.00. The van der Waals surface area contributed by atoms with Crippen molar-refractivity contribution in [3.8, 4) is 0 Å². The monoisotopic (exact) mass is 294 g/mol. The van der Waals surface area contributed by atoms with Crippen LogP contribution in [-0.4, -0.2) is 56.3 Å². The first kappa shape index (κ1) is 21.7. The van der Waals surface area contributed by atoms with Crippen LogP contribution in [0.3, 0.4) is 0 Å². The maximum Gasteiger partial charge on any atom is 0.116 e. The van der Waals surface area contributed by atoms with Crippen LogP contribution in [0.4, 0.5) is 5.69 Å². The number of hydrogen-bond donors (Lipinski definition) is 1. The number of aryl methyl sites for hydroxylation is 1. The molecule has 1 aliphatic rings. The number of anilines is 1. The van der Waals surface area contributed by atoms with Gasteiger partial charge in [-0.05, 0) is 32.7 Å². The molecule has 0 amide bonds. The van der Waals surface area contributed by atoms with Gasteiger partial charge in [0.1, 0.15) is 5.94 Å². The number of carbonyl (C=O) groups excluding carboxylic acids is 1. The topological polar surface area (TPSA) is 43.8 Å². The Bertz CT molecular complexity index is 363. The largest absolute Gasteiger partial charge is 0.400 e. The molecule has 0 unspecified atom stereocenters. The van der Waals surface area contributed by atoms with Gasteiger partial charge in [0.2, 0.25) is 0 Å². The number of aliphatic hydroxyl groups is 1. The predicted molar refractivity (Wildman–Crippen MR) is 91.7 cm³/mol. The summed E-state index contributed by atoms with van der Waals surface area (Å²) in [5.74, 6) is 1.25. The summed E-state index contributed by atoms with van der Waals surface area (Å²) in [6.45, 7) is 13.5. The van der Waals surface area contributed by atoms with Crippen molar-refractivity contribution < 1.29 is 9.90 Å². The number of piperazine rings is 1. The molecule has 1 heterocycles. The number of hydrogen-bond acceptors (Lipinski definition) is 4. The molecule has 1 saturated heterocycles. The summed E-state index contributed by atoms with van der Waals surface area (Å²) in [5.41, 5.74) is 2.70. The molecule has 0 saturated carbocycles. The second-order valence-electron chi connectivity index (χ2n) is 4.27. The molecule has 0 atom stereocenters. The Labute approximate surface area is 129 Å². The van der Waals surface area contributed by atoms with E-state index in [9.17, 15) is 0 Å². The van der Waals surface area contributed by atoms with E-state index in [2.05, 4.69) is 54.6 Å². The maximum atomic E-state index is 8.57. The third-order valence-electron chi connectivity index (χ3n) is 2.90. The standard InChI is InChI=1S/C12H18N2.C2H2O.C2H6.CH4O/c1-11-3-5-12(6-4-11)14-9-7-13(2)8-10-14;1-2-3;2*1-2/h3-6H,7-10H2,1-2H3;1H2;1-2H3;2H,1H3.